The summed E-state index contributed by atoms with van der Waals surface area (Å²) in [4.78, 5) is 16.8. The summed E-state index contributed by atoms with van der Waals surface area (Å²) in [5.74, 6) is -0.0763. The number of ether oxygens (including phenoxy) is 1. The van der Waals surface area contributed by atoms with Gasteiger partial charge in [0.2, 0.25) is 0 Å². The second kappa shape index (κ2) is 5.69. The molecule has 0 saturated heterocycles. The Balaban J connectivity index is 2.29. The van der Waals surface area contributed by atoms with Crippen molar-refractivity contribution in [1.29, 1.82) is 0 Å². The fraction of sp³-hybridized carbons (Fsp3) is 0.267. The van der Waals surface area contributed by atoms with Gasteiger partial charge in [0.25, 0.3) is 0 Å². The van der Waals surface area contributed by atoms with Crippen molar-refractivity contribution in [3.63, 3.8) is 0 Å². The maximum atomic E-state index is 11.7. The summed E-state index contributed by atoms with van der Waals surface area (Å²) in [7, 11) is 3.97. The van der Waals surface area contributed by atoms with Gasteiger partial charge in [-0.1, -0.05) is 12.1 Å². The Kier molecular flexibility index (Phi) is 3.98. The van der Waals surface area contributed by atoms with Crippen molar-refractivity contribution in [3.8, 4) is 11.3 Å². The van der Waals surface area contributed by atoms with Crippen LogP contribution in [0.2, 0.25) is 0 Å². The number of benzene rings is 1. The predicted molar refractivity (Wildman–Crippen MR) is 80.9 cm³/mol. The third-order valence-corrected chi connectivity index (χ3v) is 3.04. The van der Waals surface area contributed by atoms with Crippen LogP contribution in [0.4, 0.5) is 11.5 Å². The maximum absolute atomic E-state index is 11.7. The molecule has 0 atom stereocenters. The average molecular weight is 273 g/mol. The summed E-state index contributed by atoms with van der Waals surface area (Å²) in [5, 5.41) is 0. The van der Waals surface area contributed by atoms with Crippen molar-refractivity contribution in [2.75, 3.05) is 31.3 Å². The van der Waals surface area contributed by atoms with Crippen molar-refractivity contribution in [2.24, 2.45) is 0 Å². The lowest BCUT2D eigenvalue weighted by Gasteiger charge is -2.12. The van der Waals surface area contributed by atoms with Crippen LogP contribution in [0.1, 0.15) is 17.3 Å². The zero-order valence-electron chi connectivity index (χ0n) is 11.9. The molecule has 1 aromatic carbocycles. The van der Waals surface area contributed by atoms with Crippen molar-refractivity contribution in [2.45, 2.75) is 6.92 Å². The van der Waals surface area contributed by atoms with Gasteiger partial charge in [-0.05, 0) is 30.7 Å². The van der Waals surface area contributed by atoms with E-state index < -0.39 is 5.97 Å². The van der Waals surface area contributed by atoms with Crippen LogP contribution in [0.5, 0.6) is 0 Å². The SMILES string of the molecule is CCOC(=O)c1cc(-c2ccc(N(C)C)cc2)[nH]c1N. The molecule has 2 rings (SSSR count). The third kappa shape index (κ3) is 2.77. The highest BCUT2D eigenvalue weighted by molar-refractivity contribution is 5.96. The first-order valence-corrected chi connectivity index (χ1v) is 6.46. The summed E-state index contributed by atoms with van der Waals surface area (Å²) in [6.07, 6.45) is 0. The van der Waals surface area contributed by atoms with Crippen molar-refractivity contribution < 1.29 is 9.53 Å². The molecule has 5 nitrogen and oxygen atoms in total. The molecule has 106 valence electrons. The highest BCUT2D eigenvalue weighted by Crippen LogP contribution is 2.25. The van der Waals surface area contributed by atoms with E-state index in [0.717, 1.165) is 16.9 Å². The lowest BCUT2D eigenvalue weighted by atomic mass is 10.1. The topological polar surface area (TPSA) is 71.3 Å². The van der Waals surface area contributed by atoms with Gasteiger partial charge in [-0.3, -0.25) is 0 Å². The first-order chi connectivity index (χ1) is 9.52. The molecule has 3 N–H and O–H groups in total. The molecule has 0 fully saturated rings. The number of nitrogens with two attached hydrogens (primary N) is 1. The summed E-state index contributed by atoms with van der Waals surface area (Å²) in [5.41, 5.74) is 9.08. The number of H-pyrrole nitrogens is 1. The molecule has 2 aromatic rings. The molecule has 0 unspecified atom stereocenters. The number of esters is 1. The molecule has 1 heterocycles. The van der Waals surface area contributed by atoms with E-state index in [1.807, 2.05) is 43.3 Å². The molecular weight excluding hydrogens is 254 g/mol. The standard InChI is InChI=1S/C15H19N3O2/c1-4-20-15(19)12-9-13(17-14(12)16)10-5-7-11(8-6-10)18(2)3/h5-9,17H,4,16H2,1-3H3. The van der Waals surface area contributed by atoms with Crippen molar-refractivity contribution in [1.82, 2.24) is 4.98 Å². The Morgan fingerprint density at radius 1 is 1.30 bits per heavy atom. The number of carbonyl (C=O) groups excluding carboxylic acids is 1. The van der Waals surface area contributed by atoms with Gasteiger partial charge >= 0.3 is 5.97 Å². The summed E-state index contributed by atoms with van der Waals surface area (Å²) >= 11 is 0. The lowest BCUT2D eigenvalue weighted by molar-refractivity contribution is 0.0528. The predicted octanol–water partition coefficient (Wildman–Crippen LogP) is 2.51. The summed E-state index contributed by atoms with van der Waals surface area (Å²) < 4.78 is 4.96. The van der Waals surface area contributed by atoms with Crippen LogP contribution < -0.4 is 10.6 Å². The number of hydrogen-bond acceptors (Lipinski definition) is 4. The highest BCUT2D eigenvalue weighted by Gasteiger charge is 2.15. The first kappa shape index (κ1) is 14.0. The average Bonchev–Trinajstić information content (AvgIpc) is 2.81. The monoisotopic (exact) mass is 273 g/mol. The Morgan fingerprint density at radius 3 is 2.50 bits per heavy atom. The van der Waals surface area contributed by atoms with Crippen LogP contribution in [0, 0.1) is 0 Å². The van der Waals surface area contributed by atoms with Crippen LogP contribution in [0.25, 0.3) is 11.3 Å². The van der Waals surface area contributed by atoms with Gasteiger partial charge in [0.1, 0.15) is 11.4 Å². The minimum atomic E-state index is -0.405. The molecule has 0 bridgehead atoms. The van der Waals surface area contributed by atoms with Crippen LogP contribution in [-0.2, 0) is 4.74 Å². The van der Waals surface area contributed by atoms with E-state index in [0.29, 0.717) is 18.0 Å². The number of nitrogens with zero attached hydrogens (tertiary/aromatic N) is 1. The van der Waals surface area contributed by atoms with Crippen LogP contribution in [0.3, 0.4) is 0 Å². The molecule has 0 aliphatic rings. The fourth-order valence-electron chi connectivity index (χ4n) is 1.94. The number of anilines is 2. The Bertz CT molecular complexity index is 600. The molecule has 0 saturated carbocycles. The Morgan fingerprint density at radius 2 is 1.95 bits per heavy atom. The van der Waals surface area contributed by atoms with Crippen molar-refractivity contribution in [3.05, 3.63) is 35.9 Å². The Hall–Kier alpha value is -2.43. The number of hydrogen-bond donors (Lipinski definition) is 2. The number of nitrogen functional groups attached to an aromatic ring is 1. The minimum Gasteiger partial charge on any atom is -0.462 e. The van der Waals surface area contributed by atoms with Gasteiger partial charge in [0.15, 0.2) is 0 Å². The molecule has 0 spiro atoms. The number of nitrogens with one attached hydrogen (secondary N) is 1. The second-order valence-corrected chi connectivity index (χ2v) is 4.67. The molecule has 0 aliphatic heterocycles. The van der Waals surface area contributed by atoms with Gasteiger partial charge in [-0.25, -0.2) is 4.79 Å². The van der Waals surface area contributed by atoms with Crippen LogP contribution in [0.15, 0.2) is 30.3 Å². The molecule has 0 amide bonds. The zero-order chi connectivity index (χ0) is 14.7. The molecule has 1 aromatic heterocycles. The number of aromatic amines is 1. The molecule has 5 heteroatoms. The highest BCUT2D eigenvalue weighted by atomic mass is 16.5. The second-order valence-electron chi connectivity index (χ2n) is 4.67. The van der Waals surface area contributed by atoms with Crippen molar-refractivity contribution >= 4 is 17.5 Å². The number of aromatic nitrogens is 1. The van der Waals surface area contributed by atoms with Crippen LogP contribution in [-0.4, -0.2) is 31.7 Å². The number of rotatable bonds is 4. The van der Waals surface area contributed by atoms with E-state index >= 15 is 0 Å². The number of carbonyl (C=O) groups is 1. The zero-order valence-corrected chi connectivity index (χ0v) is 11.9. The quantitative estimate of drug-likeness (QED) is 0.840. The molecule has 20 heavy (non-hydrogen) atoms. The van der Waals surface area contributed by atoms with E-state index in [1.165, 1.54) is 0 Å². The largest absolute Gasteiger partial charge is 0.462 e. The van der Waals surface area contributed by atoms with E-state index in [9.17, 15) is 4.79 Å². The van der Waals surface area contributed by atoms with Gasteiger partial charge in [-0.15, -0.1) is 0 Å². The fourth-order valence-corrected chi connectivity index (χ4v) is 1.94. The molecule has 0 radical (unpaired) electrons. The minimum absolute atomic E-state index is 0.329. The first-order valence-electron chi connectivity index (χ1n) is 6.46. The van der Waals surface area contributed by atoms with E-state index in [2.05, 4.69) is 4.98 Å². The normalized spacial score (nSPS) is 10.3. The summed E-state index contributed by atoms with van der Waals surface area (Å²) in [6, 6.07) is 9.70. The van der Waals surface area contributed by atoms with Crippen LogP contribution >= 0.6 is 0 Å². The third-order valence-electron chi connectivity index (χ3n) is 3.04. The molecule has 0 aliphatic carbocycles. The Labute approximate surface area is 118 Å². The molecular formula is C15H19N3O2. The van der Waals surface area contributed by atoms with E-state index in [4.69, 9.17) is 10.5 Å². The van der Waals surface area contributed by atoms with Gasteiger partial charge in [0, 0.05) is 25.5 Å². The lowest BCUT2D eigenvalue weighted by Crippen LogP contribution is -2.07. The smallest absolute Gasteiger partial charge is 0.341 e. The van der Waals surface area contributed by atoms with Gasteiger partial charge in [0.05, 0.1) is 6.61 Å². The summed E-state index contributed by atoms with van der Waals surface area (Å²) in [6.45, 7) is 2.10. The van der Waals surface area contributed by atoms with E-state index in [-0.39, 0.29) is 0 Å². The van der Waals surface area contributed by atoms with E-state index in [1.54, 1.807) is 13.0 Å². The maximum Gasteiger partial charge on any atom is 0.341 e. The van der Waals surface area contributed by atoms with Gasteiger partial charge < -0.3 is 20.4 Å². The van der Waals surface area contributed by atoms with Gasteiger partial charge in [-0.2, -0.15) is 0 Å².